The molecule has 0 aliphatic carbocycles. The molecule has 5 heteroatoms. The molecule has 0 radical (unpaired) electrons. The third-order valence-corrected chi connectivity index (χ3v) is 2.61. The average molecular weight is 279 g/mol. The number of hydrogen-bond donors (Lipinski definition) is 1. The van der Waals surface area contributed by atoms with Gasteiger partial charge in [-0.1, -0.05) is 0 Å². The Morgan fingerprint density at radius 1 is 1.58 bits per heavy atom. The first kappa shape index (κ1) is 9.24. The Morgan fingerprint density at radius 3 is 2.67 bits per heavy atom. The van der Waals surface area contributed by atoms with E-state index in [2.05, 4.69) is 0 Å². The number of halogens is 1. The average Bonchev–Trinajstić information content (AvgIpc) is 1.96. The summed E-state index contributed by atoms with van der Waals surface area (Å²) in [5.41, 5.74) is 0.587. The van der Waals surface area contributed by atoms with E-state index in [1.807, 2.05) is 22.6 Å². The van der Waals surface area contributed by atoms with E-state index in [1.54, 1.807) is 6.92 Å². The van der Waals surface area contributed by atoms with E-state index in [-0.39, 0.29) is 11.4 Å². The van der Waals surface area contributed by atoms with E-state index in [0.29, 0.717) is 0 Å². The molecule has 0 aliphatic heterocycles. The van der Waals surface area contributed by atoms with Crippen LogP contribution in [0.15, 0.2) is 12.1 Å². The van der Waals surface area contributed by atoms with Crippen LogP contribution in [0, 0.1) is 20.6 Å². The predicted octanol–water partition coefficient (Wildman–Crippen LogP) is 2.21. The Balaban J connectivity index is 3.33. The normalized spacial score (nSPS) is 9.83. The molecule has 1 aromatic carbocycles. The largest absolute Gasteiger partial charge is 0.502 e. The first-order chi connectivity index (χ1) is 5.52. The number of phenols is 1. The molecule has 1 rings (SSSR count). The van der Waals surface area contributed by atoms with Crippen LogP contribution in [0.4, 0.5) is 5.69 Å². The maximum atomic E-state index is 10.3. The first-order valence-electron chi connectivity index (χ1n) is 3.16. The summed E-state index contributed by atoms with van der Waals surface area (Å²) in [5.74, 6) is -0.280. The highest BCUT2D eigenvalue weighted by atomic mass is 127. The van der Waals surface area contributed by atoms with E-state index < -0.39 is 4.92 Å². The Hall–Kier alpha value is -0.850. The van der Waals surface area contributed by atoms with Crippen LogP contribution < -0.4 is 0 Å². The molecule has 4 nitrogen and oxygen atoms in total. The van der Waals surface area contributed by atoms with Gasteiger partial charge in [-0.05, 0) is 41.1 Å². The lowest BCUT2D eigenvalue weighted by Gasteiger charge is -1.99. The second-order valence-electron chi connectivity index (χ2n) is 2.35. The van der Waals surface area contributed by atoms with Crippen LogP contribution in [0.5, 0.6) is 5.75 Å². The molecule has 0 aliphatic rings. The molecule has 0 amide bonds. The van der Waals surface area contributed by atoms with E-state index in [0.717, 1.165) is 9.13 Å². The number of rotatable bonds is 1. The van der Waals surface area contributed by atoms with Crippen LogP contribution in [0.3, 0.4) is 0 Å². The fourth-order valence-corrected chi connectivity index (χ4v) is 1.25. The van der Waals surface area contributed by atoms with Crippen LogP contribution >= 0.6 is 22.6 Å². The zero-order valence-corrected chi connectivity index (χ0v) is 8.40. The number of nitro benzene ring substituents is 1. The van der Waals surface area contributed by atoms with E-state index in [4.69, 9.17) is 5.11 Å². The highest BCUT2D eigenvalue weighted by Crippen LogP contribution is 2.29. The third-order valence-electron chi connectivity index (χ3n) is 1.45. The van der Waals surface area contributed by atoms with Crippen molar-refractivity contribution < 1.29 is 10.0 Å². The summed E-state index contributed by atoms with van der Waals surface area (Å²) in [6, 6.07) is 2.74. The predicted molar refractivity (Wildman–Crippen MR) is 52.2 cm³/mol. The number of aromatic hydroxyl groups is 1. The molecular formula is C7H6INO3. The van der Waals surface area contributed by atoms with Gasteiger partial charge in [0.25, 0.3) is 0 Å². The summed E-state index contributed by atoms with van der Waals surface area (Å²) in [7, 11) is 0. The molecule has 0 spiro atoms. The van der Waals surface area contributed by atoms with Gasteiger partial charge in [0.15, 0.2) is 5.75 Å². The molecule has 0 aromatic heterocycles. The number of phenolic OH excluding ortho intramolecular Hbond substituents is 1. The fourth-order valence-electron chi connectivity index (χ4n) is 0.802. The zero-order valence-electron chi connectivity index (χ0n) is 6.24. The minimum atomic E-state index is -0.600. The maximum Gasteiger partial charge on any atom is 0.311 e. The summed E-state index contributed by atoms with van der Waals surface area (Å²) in [6.07, 6.45) is 0. The topological polar surface area (TPSA) is 63.4 Å². The third kappa shape index (κ3) is 1.66. The number of nitro groups is 1. The van der Waals surface area contributed by atoms with Crippen molar-refractivity contribution in [2.75, 3.05) is 0 Å². The van der Waals surface area contributed by atoms with Crippen molar-refractivity contribution in [1.29, 1.82) is 0 Å². The van der Waals surface area contributed by atoms with Gasteiger partial charge in [0.05, 0.1) is 4.92 Å². The SMILES string of the molecule is Cc1cc(O)c([N+](=O)[O-])cc1I. The minimum absolute atomic E-state index is 0.245. The number of hydrogen-bond acceptors (Lipinski definition) is 3. The fraction of sp³-hybridized carbons (Fsp3) is 0.143. The summed E-state index contributed by atoms with van der Waals surface area (Å²) in [5, 5.41) is 19.5. The van der Waals surface area contributed by atoms with Gasteiger partial charge in [0.2, 0.25) is 0 Å². The van der Waals surface area contributed by atoms with Crippen LogP contribution in [-0.4, -0.2) is 10.0 Å². The van der Waals surface area contributed by atoms with Crippen LogP contribution in [0.1, 0.15) is 5.56 Å². The standard InChI is InChI=1S/C7H6INO3/c1-4-2-7(10)6(9(11)12)3-5(4)8/h2-3,10H,1H3. The molecule has 0 heterocycles. The van der Waals surface area contributed by atoms with Crippen LogP contribution in [0.2, 0.25) is 0 Å². The molecule has 0 saturated heterocycles. The lowest BCUT2D eigenvalue weighted by atomic mass is 10.2. The van der Waals surface area contributed by atoms with Gasteiger partial charge in [-0.25, -0.2) is 0 Å². The van der Waals surface area contributed by atoms with Gasteiger partial charge in [0.1, 0.15) is 0 Å². The minimum Gasteiger partial charge on any atom is -0.502 e. The molecule has 12 heavy (non-hydrogen) atoms. The summed E-state index contributed by atoms with van der Waals surface area (Å²) in [6.45, 7) is 1.78. The first-order valence-corrected chi connectivity index (χ1v) is 4.23. The molecular weight excluding hydrogens is 273 g/mol. The van der Waals surface area contributed by atoms with Gasteiger partial charge < -0.3 is 5.11 Å². The number of nitrogens with zero attached hydrogens (tertiary/aromatic N) is 1. The molecule has 0 atom stereocenters. The van der Waals surface area contributed by atoms with Crippen molar-refractivity contribution in [1.82, 2.24) is 0 Å². The van der Waals surface area contributed by atoms with Crippen molar-refractivity contribution in [2.45, 2.75) is 6.92 Å². The highest BCUT2D eigenvalue weighted by Gasteiger charge is 2.14. The second-order valence-corrected chi connectivity index (χ2v) is 3.51. The number of aryl methyl sites for hydroxylation is 1. The summed E-state index contributed by atoms with van der Waals surface area (Å²) >= 11 is 1.98. The van der Waals surface area contributed by atoms with Gasteiger partial charge >= 0.3 is 5.69 Å². The van der Waals surface area contributed by atoms with Crippen molar-refractivity contribution in [3.05, 3.63) is 31.4 Å². The smallest absolute Gasteiger partial charge is 0.311 e. The van der Waals surface area contributed by atoms with Crippen LogP contribution in [-0.2, 0) is 0 Å². The van der Waals surface area contributed by atoms with Crippen molar-refractivity contribution in [3.8, 4) is 5.75 Å². The van der Waals surface area contributed by atoms with Gasteiger partial charge in [-0.2, -0.15) is 0 Å². The molecule has 1 aromatic rings. The van der Waals surface area contributed by atoms with E-state index in [9.17, 15) is 10.1 Å². The zero-order chi connectivity index (χ0) is 9.30. The summed E-state index contributed by atoms with van der Waals surface area (Å²) in [4.78, 5) is 9.73. The molecule has 0 fully saturated rings. The quantitative estimate of drug-likeness (QED) is 0.487. The van der Waals surface area contributed by atoms with Crippen molar-refractivity contribution >= 4 is 28.3 Å². The Kier molecular flexibility index (Phi) is 2.51. The van der Waals surface area contributed by atoms with Crippen LogP contribution in [0.25, 0.3) is 0 Å². The lowest BCUT2D eigenvalue weighted by Crippen LogP contribution is -1.90. The molecule has 1 N–H and O–H groups in total. The maximum absolute atomic E-state index is 10.3. The van der Waals surface area contributed by atoms with Gasteiger partial charge in [-0.3, -0.25) is 10.1 Å². The molecule has 0 unspecified atom stereocenters. The lowest BCUT2D eigenvalue weighted by molar-refractivity contribution is -0.386. The van der Waals surface area contributed by atoms with Gasteiger partial charge in [0, 0.05) is 9.64 Å². The monoisotopic (exact) mass is 279 g/mol. The Labute approximate surface area is 82.5 Å². The molecule has 0 bridgehead atoms. The van der Waals surface area contributed by atoms with E-state index in [1.165, 1.54) is 12.1 Å². The Morgan fingerprint density at radius 2 is 2.17 bits per heavy atom. The van der Waals surface area contributed by atoms with E-state index >= 15 is 0 Å². The van der Waals surface area contributed by atoms with Crippen molar-refractivity contribution in [2.24, 2.45) is 0 Å². The Bertz CT molecular complexity index is 338. The van der Waals surface area contributed by atoms with Gasteiger partial charge in [-0.15, -0.1) is 0 Å². The summed E-state index contributed by atoms with van der Waals surface area (Å²) < 4.78 is 0.775. The molecule has 64 valence electrons. The number of benzene rings is 1. The highest BCUT2D eigenvalue weighted by molar-refractivity contribution is 14.1. The van der Waals surface area contributed by atoms with Crippen molar-refractivity contribution in [3.63, 3.8) is 0 Å². The second kappa shape index (κ2) is 3.26. The molecule has 0 saturated carbocycles.